The molecular formula is C18H29O7P. The number of esters is 1. The van der Waals surface area contributed by atoms with Crippen molar-refractivity contribution in [2.75, 3.05) is 27.4 Å². The van der Waals surface area contributed by atoms with Crippen LogP contribution in [0.25, 0.3) is 0 Å². The van der Waals surface area contributed by atoms with Gasteiger partial charge in [0.25, 0.3) is 0 Å². The topological polar surface area (TPSA) is 80.3 Å². The van der Waals surface area contributed by atoms with Crippen LogP contribution in [0.2, 0.25) is 0 Å². The maximum absolute atomic E-state index is 13.1. The number of carbonyl (C=O) groups is 1. The molecule has 0 aromatic heterocycles. The van der Waals surface area contributed by atoms with E-state index < -0.39 is 24.8 Å². The zero-order valence-electron chi connectivity index (χ0n) is 16.5. The Morgan fingerprint density at radius 3 is 2.00 bits per heavy atom. The van der Waals surface area contributed by atoms with Crippen LogP contribution in [0.5, 0.6) is 11.5 Å². The molecule has 0 aliphatic heterocycles. The molecule has 8 heteroatoms. The summed E-state index contributed by atoms with van der Waals surface area (Å²) in [7, 11) is -0.687. The Balaban J connectivity index is 3.33. The van der Waals surface area contributed by atoms with Crippen molar-refractivity contribution in [2.24, 2.45) is 5.41 Å². The molecule has 0 N–H and O–H groups in total. The molecule has 0 amide bonds. The van der Waals surface area contributed by atoms with Gasteiger partial charge in [-0.05, 0) is 46.8 Å². The van der Waals surface area contributed by atoms with E-state index in [9.17, 15) is 9.36 Å². The molecular weight excluding hydrogens is 359 g/mol. The Bertz CT molecular complexity index is 641. The highest BCUT2D eigenvalue weighted by Gasteiger charge is 2.38. The highest BCUT2D eigenvalue weighted by Crippen LogP contribution is 2.61. The van der Waals surface area contributed by atoms with Gasteiger partial charge in [-0.15, -0.1) is 0 Å². The molecule has 0 bridgehead atoms. The predicted octanol–water partition coefficient (Wildman–Crippen LogP) is 4.56. The van der Waals surface area contributed by atoms with Crippen molar-refractivity contribution in [3.05, 3.63) is 23.8 Å². The monoisotopic (exact) mass is 388 g/mol. The average molecular weight is 388 g/mol. The summed E-state index contributed by atoms with van der Waals surface area (Å²) in [4.78, 5) is 12.2. The molecule has 0 heterocycles. The van der Waals surface area contributed by atoms with Crippen LogP contribution in [0.4, 0.5) is 0 Å². The Labute approximate surface area is 155 Å². The first kappa shape index (κ1) is 22.6. The number of hydrogen-bond acceptors (Lipinski definition) is 7. The Kier molecular flexibility index (Phi) is 8.28. The molecule has 1 rings (SSSR count). The minimum absolute atomic E-state index is 0.201. The van der Waals surface area contributed by atoms with Crippen LogP contribution in [-0.2, 0) is 23.1 Å². The summed E-state index contributed by atoms with van der Waals surface area (Å²) >= 11 is 0. The van der Waals surface area contributed by atoms with E-state index in [0.29, 0.717) is 11.3 Å². The molecule has 26 heavy (non-hydrogen) atoms. The van der Waals surface area contributed by atoms with Gasteiger partial charge in [0.1, 0.15) is 11.5 Å². The average Bonchev–Trinajstić information content (AvgIpc) is 2.54. The second kappa shape index (κ2) is 9.51. The molecule has 1 atom stereocenters. The van der Waals surface area contributed by atoms with Gasteiger partial charge in [0.15, 0.2) is 5.85 Å². The van der Waals surface area contributed by atoms with Crippen LogP contribution in [0.3, 0.4) is 0 Å². The van der Waals surface area contributed by atoms with Crippen molar-refractivity contribution in [1.29, 1.82) is 0 Å². The molecule has 7 nitrogen and oxygen atoms in total. The molecule has 0 fully saturated rings. The molecule has 0 radical (unpaired) electrons. The van der Waals surface area contributed by atoms with Gasteiger partial charge in [-0.3, -0.25) is 9.36 Å². The quantitative estimate of drug-likeness (QED) is 0.348. The lowest BCUT2D eigenvalue weighted by Crippen LogP contribution is -2.25. The standard InChI is InChI=1S/C18H29O7P/c1-8-23-26(20,24-9-2)16(22-7)13-10-14(21-6)12-15(11-13)25-17(19)18(3,4)5/h10-12,16H,8-9H2,1-7H3. The lowest BCUT2D eigenvalue weighted by atomic mass is 9.97. The first-order valence-corrected chi connectivity index (χ1v) is 10.0. The fraction of sp³-hybridized carbons (Fsp3) is 0.611. The second-order valence-electron chi connectivity index (χ2n) is 6.54. The highest BCUT2D eigenvalue weighted by molar-refractivity contribution is 7.54. The minimum atomic E-state index is -3.59. The van der Waals surface area contributed by atoms with Gasteiger partial charge in [-0.1, -0.05) is 0 Å². The molecule has 148 valence electrons. The van der Waals surface area contributed by atoms with Crippen LogP contribution in [-0.4, -0.2) is 33.4 Å². The minimum Gasteiger partial charge on any atom is -0.497 e. The number of methoxy groups -OCH3 is 2. The Morgan fingerprint density at radius 2 is 1.58 bits per heavy atom. The molecule has 0 saturated heterocycles. The third-order valence-electron chi connectivity index (χ3n) is 3.37. The van der Waals surface area contributed by atoms with Gasteiger partial charge >= 0.3 is 13.6 Å². The summed E-state index contributed by atoms with van der Waals surface area (Å²) in [6, 6.07) is 4.80. The third kappa shape index (κ3) is 5.81. The van der Waals surface area contributed by atoms with E-state index in [1.54, 1.807) is 52.8 Å². The van der Waals surface area contributed by atoms with Gasteiger partial charge in [0.2, 0.25) is 0 Å². The first-order valence-electron chi connectivity index (χ1n) is 8.44. The smallest absolute Gasteiger partial charge is 0.363 e. The van der Waals surface area contributed by atoms with Crippen LogP contribution in [0.15, 0.2) is 18.2 Å². The maximum Gasteiger partial charge on any atom is 0.363 e. The molecule has 0 spiro atoms. The summed E-state index contributed by atoms with van der Waals surface area (Å²) < 4.78 is 40.0. The van der Waals surface area contributed by atoms with Crippen LogP contribution >= 0.6 is 7.60 Å². The SMILES string of the molecule is CCOP(=O)(OCC)C(OC)c1cc(OC)cc(OC(=O)C(C)(C)C)c1. The summed E-state index contributed by atoms with van der Waals surface area (Å²) in [6.07, 6.45) is 0. The zero-order valence-corrected chi connectivity index (χ0v) is 17.4. The molecule has 1 aromatic carbocycles. The lowest BCUT2D eigenvalue weighted by Gasteiger charge is -2.26. The third-order valence-corrected chi connectivity index (χ3v) is 5.69. The van der Waals surface area contributed by atoms with Gasteiger partial charge in [0.05, 0.1) is 25.7 Å². The van der Waals surface area contributed by atoms with Crippen molar-refractivity contribution in [3.63, 3.8) is 0 Å². The lowest BCUT2D eigenvalue weighted by molar-refractivity contribution is -0.143. The zero-order chi connectivity index (χ0) is 20.0. The number of ether oxygens (including phenoxy) is 3. The molecule has 1 unspecified atom stereocenters. The number of hydrogen-bond donors (Lipinski definition) is 0. The number of carbonyl (C=O) groups excluding carboxylic acids is 1. The number of benzene rings is 1. The normalized spacial score (nSPS) is 13.3. The first-order chi connectivity index (χ1) is 12.1. The van der Waals surface area contributed by atoms with Crippen LogP contribution in [0, 0.1) is 5.41 Å². The fourth-order valence-corrected chi connectivity index (χ4v) is 3.99. The van der Waals surface area contributed by atoms with Crippen LogP contribution < -0.4 is 9.47 Å². The second-order valence-corrected chi connectivity index (χ2v) is 8.61. The van der Waals surface area contributed by atoms with E-state index in [1.165, 1.54) is 14.2 Å². The van der Waals surface area contributed by atoms with E-state index in [0.717, 1.165) is 0 Å². The Morgan fingerprint density at radius 1 is 1.04 bits per heavy atom. The largest absolute Gasteiger partial charge is 0.497 e. The molecule has 0 aliphatic rings. The molecule has 0 saturated carbocycles. The van der Waals surface area contributed by atoms with E-state index in [-0.39, 0.29) is 19.0 Å². The van der Waals surface area contributed by atoms with Crippen molar-refractivity contribution in [2.45, 2.75) is 40.5 Å². The summed E-state index contributed by atoms with van der Waals surface area (Å²) in [6.45, 7) is 9.12. The van der Waals surface area contributed by atoms with E-state index >= 15 is 0 Å². The summed E-state index contributed by atoms with van der Waals surface area (Å²) in [5.74, 6) is -0.685. The van der Waals surface area contributed by atoms with Crippen LogP contribution in [0.1, 0.15) is 46.0 Å². The van der Waals surface area contributed by atoms with Gasteiger partial charge in [0, 0.05) is 18.7 Å². The van der Waals surface area contributed by atoms with E-state index in [1.807, 2.05) is 0 Å². The van der Waals surface area contributed by atoms with Gasteiger partial charge in [-0.2, -0.15) is 0 Å². The summed E-state index contributed by atoms with van der Waals surface area (Å²) in [5, 5.41) is 0. The van der Waals surface area contributed by atoms with Gasteiger partial charge in [-0.25, -0.2) is 0 Å². The fourth-order valence-electron chi connectivity index (χ4n) is 2.15. The Hall–Kier alpha value is -1.40. The van der Waals surface area contributed by atoms with E-state index in [4.69, 9.17) is 23.3 Å². The van der Waals surface area contributed by atoms with Crippen molar-refractivity contribution in [3.8, 4) is 11.5 Å². The van der Waals surface area contributed by atoms with E-state index in [2.05, 4.69) is 0 Å². The van der Waals surface area contributed by atoms with Gasteiger partial charge < -0.3 is 23.3 Å². The molecule has 1 aromatic rings. The summed E-state index contributed by atoms with van der Waals surface area (Å²) in [5.41, 5.74) is -0.204. The maximum atomic E-state index is 13.1. The highest BCUT2D eigenvalue weighted by atomic mass is 31.2. The van der Waals surface area contributed by atoms with Crippen molar-refractivity contribution >= 4 is 13.6 Å². The molecule has 0 aliphatic carbocycles. The van der Waals surface area contributed by atoms with Crippen molar-refractivity contribution < 1.29 is 32.6 Å². The number of rotatable bonds is 9. The van der Waals surface area contributed by atoms with Crippen molar-refractivity contribution in [1.82, 2.24) is 0 Å². The predicted molar refractivity (Wildman–Crippen MR) is 98.7 cm³/mol.